The van der Waals surface area contributed by atoms with Crippen LogP contribution >= 0.6 is 0 Å². The number of pyridine rings is 1. The maximum atomic E-state index is 14.0. The van der Waals surface area contributed by atoms with E-state index in [9.17, 15) is 9.18 Å². The van der Waals surface area contributed by atoms with Gasteiger partial charge in [-0.05, 0) is 34.0 Å². The average molecular weight is 268 g/mol. The lowest BCUT2D eigenvalue weighted by molar-refractivity contribution is 0.0930. The summed E-state index contributed by atoms with van der Waals surface area (Å²) in [4.78, 5) is 17.8. The molecule has 1 heterocycles. The lowest BCUT2D eigenvalue weighted by Gasteiger charge is -2.18. The molecule has 0 saturated carbocycles. The van der Waals surface area contributed by atoms with Crippen LogP contribution in [0.15, 0.2) is 12.3 Å². The standard InChI is InChI=1S/C13H21FN4O/c1-5-15-12-11(14)10(6-7-16-12)13(19)17-9(2)8-18(3)4/h6-7,9H,5,8H2,1-4H3,(H,15,16)(H,17,19). The van der Waals surface area contributed by atoms with E-state index in [0.29, 0.717) is 13.1 Å². The summed E-state index contributed by atoms with van der Waals surface area (Å²) >= 11 is 0. The van der Waals surface area contributed by atoms with Crippen LogP contribution in [0.3, 0.4) is 0 Å². The van der Waals surface area contributed by atoms with E-state index in [2.05, 4.69) is 15.6 Å². The molecule has 5 nitrogen and oxygen atoms in total. The number of rotatable bonds is 6. The third-order valence-corrected chi connectivity index (χ3v) is 2.49. The molecule has 0 aliphatic rings. The molecule has 1 amide bonds. The predicted molar refractivity (Wildman–Crippen MR) is 73.8 cm³/mol. The van der Waals surface area contributed by atoms with Crippen molar-refractivity contribution in [3.8, 4) is 0 Å². The van der Waals surface area contributed by atoms with Gasteiger partial charge in [-0.25, -0.2) is 9.37 Å². The van der Waals surface area contributed by atoms with Gasteiger partial charge in [0, 0.05) is 25.3 Å². The fraction of sp³-hybridized carbons (Fsp3) is 0.538. The Labute approximate surface area is 113 Å². The fourth-order valence-corrected chi connectivity index (χ4v) is 1.80. The third kappa shape index (κ3) is 4.48. The van der Waals surface area contributed by atoms with Crippen molar-refractivity contribution in [1.82, 2.24) is 15.2 Å². The van der Waals surface area contributed by atoms with Crippen LogP contribution in [-0.4, -0.2) is 49.0 Å². The molecule has 0 saturated heterocycles. The van der Waals surface area contributed by atoms with E-state index < -0.39 is 11.7 Å². The van der Waals surface area contributed by atoms with Crippen molar-refractivity contribution >= 4 is 11.7 Å². The van der Waals surface area contributed by atoms with Crippen LogP contribution in [0.5, 0.6) is 0 Å². The number of nitrogens with zero attached hydrogens (tertiary/aromatic N) is 2. The van der Waals surface area contributed by atoms with Crippen LogP contribution in [0.2, 0.25) is 0 Å². The van der Waals surface area contributed by atoms with Gasteiger partial charge in [-0.2, -0.15) is 0 Å². The Bertz CT molecular complexity index is 437. The number of carbonyl (C=O) groups is 1. The zero-order chi connectivity index (χ0) is 14.4. The summed E-state index contributed by atoms with van der Waals surface area (Å²) in [6.07, 6.45) is 1.42. The SMILES string of the molecule is CCNc1nccc(C(=O)NC(C)CN(C)C)c1F. The summed E-state index contributed by atoms with van der Waals surface area (Å²) < 4.78 is 14.0. The molecule has 0 aromatic carbocycles. The smallest absolute Gasteiger partial charge is 0.254 e. The molecule has 2 N–H and O–H groups in total. The molecule has 1 atom stereocenters. The first-order valence-corrected chi connectivity index (χ1v) is 6.29. The van der Waals surface area contributed by atoms with Crippen LogP contribution in [0.4, 0.5) is 10.2 Å². The average Bonchev–Trinajstić information content (AvgIpc) is 2.30. The van der Waals surface area contributed by atoms with E-state index in [1.165, 1.54) is 12.3 Å². The van der Waals surface area contributed by atoms with E-state index in [4.69, 9.17) is 0 Å². The van der Waals surface area contributed by atoms with Crippen molar-refractivity contribution in [3.63, 3.8) is 0 Å². The minimum absolute atomic E-state index is 0.0107. The zero-order valence-corrected chi connectivity index (χ0v) is 11.8. The maximum absolute atomic E-state index is 14.0. The van der Waals surface area contributed by atoms with Crippen LogP contribution in [0.25, 0.3) is 0 Å². The van der Waals surface area contributed by atoms with Gasteiger partial charge in [0.15, 0.2) is 11.6 Å². The molecule has 0 fully saturated rings. The third-order valence-electron chi connectivity index (χ3n) is 2.49. The summed E-state index contributed by atoms with van der Waals surface area (Å²) in [5.74, 6) is -0.928. The van der Waals surface area contributed by atoms with E-state index in [-0.39, 0.29) is 17.4 Å². The molecule has 1 aromatic heterocycles. The van der Waals surface area contributed by atoms with Gasteiger partial charge in [0.25, 0.3) is 5.91 Å². The molecule has 0 radical (unpaired) electrons. The molecule has 0 spiro atoms. The number of nitrogens with one attached hydrogen (secondary N) is 2. The summed E-state index contributed by atoms with van der Waals surface area (Å²) in [5.41, 5.74) is 0.0107. The maximum Gasteiger partial charge on any atom is 0.254 e. The van der Waals surface area contributed by atoms with E-state index >= 15 is 0 Å². The number of likely N-dealkylation sites (N-methyl/N-ethyl adjacent to an activating group) is 1. The number of halogens is 1. The monoisotopic (exact) mass is 268 g/mol. The number of hydrogen-bond acceptors (Lipinski definition) is 4. The van der Waals surface area contributed by atoms with Gasteiger partial charge in [0.2, 0.25) is 0 Å². The van der Waals surface area contributed by atoms with Crippen molar-refractivity contribution in [2.24, 2.45) is 0 Å². The number of amides is 1. The first kappa shape index (κ1) is 15.4. The van der Waals surface area contributed by atoms with Gasteiger partial charge in [-0.1, -0.05) is 0 Å². The van der Waals surface area contributed by atoms with Crippen molar-refractivity contribution in [1.29, 1.82) is 0 Å². The van der Waals surface area contributed by atoms with E-state index in [1.54, 1.807) is 0 Å². The second-order valence-corrected chi connectivity index (χ2v) is 4.69. The van der Waals surface area contributed by atoms with E-state index in [0.717, 1.165) is 0 Å². The number of carbonyl (C=O) groups excluding carboxylic acids is 1. The summed E-state index contributed by atoms with van der Waals surface area (Å²) in [6.45, 7) is 4.96. The molecule has 1 aromatic rings. The Hall–Kier alpha value is -1.69. The first-order valence-electron chi connectivity index (χ1n) is 6.29. The highest BCUT2D eigenvalue weighted by Gasteiger charge is 2.17. The molecule has 0 aliphatic heterocycles. The summed E-state index contributed by atoms with van der Waals surface area (Å²) in [6, 6.07) is 1.33. The van der Waals surface area contributed by atoms with Crippen LogP contribution in [0.1, 0.15) is 24.2 Å². The molecular weight excluding hydrogens is 247 g/mol. The van der Waals surface area contributed by atoms with Crippen molar-refractivity contribution < 1.29 is 9.18 Å². The number of aromatic nitrogens is 1. The quantitative estimate of drug-likeness (QED) is 0.817. The lowest BCUT2D eigenvalue weighted by Crippen LogP contribution is -2.39. The number of hydrogen-bond donors (Lipinski definition) is 2. The zero-order valence-electron chi connectivity index (χ0n) is 11.8. The van der Waals surface area contributed by atoms with Crippen LogP contribution < -0.4 is 10.6 Å². The van der Waals surface area contributed by atoms with Gasteiger partial charge in [-0.15, -0.1) is 0 Å². The van der Waals surface area contributed by atoms with Crippen LogP contribution in [0, 0.1) is 5.82 Å². The predicted octanol–water partition coefficient (Wildman–Crippen LogP) is 1.33. The second-order valence-electron chi connectivity index (χ2n) is 4.69. The van der Waals surface area contributed by atoms with Crippen molar-refractivity contribution in [2.75, 3.05) is 32.5 Å². The highest BCUT2D eigenvalue weighted by molar-refractivity contribution is 5.95. The molecule has 1 unspecified atom stereocenters. The molecule has 106 valence electrons. The van der Waals surface area contributed by atoms with E-state index in [1.807, 2.05) is 32.8 Å². The Morgan fingerprint density at radius 1 is 1.53 bits per heavy atom. The molecule has 0 bridgehead atoms. The highest BCUT2D eigenvalue weighted by atomic mass is 19.1. The number of anilines is 1. The highest BCUT2D eigenvalue weighted by Crippen LogP contribution is 2.14. The van der Waals surface area contributed by atoms with Gasteiger partial charge < -0.3 is 15.5 Å². The van der Waals surface area contributed by atoms with Crippen molar-refractivity contribution in [3.05, 3.63) is 23.6 Å². The Kier molecular flexibility index (Phi) is 5.69. The minimum Gasteiger partial charge on any atom is -0.368 e. The lowest BCUT2D eigenvalue weighted by atomic mass is 10.2. The van der Waals surface area contributed by atoms with Gasteiger partial charge >= 0.3 is 0 Å². The summed E-state index contributed by atoms with van der Waals surface area (Å²) in [7, 11) is 3.83. The molecule has 6 heteroatoms. The molecular formula is C13H21FN4O. The van der Waals surface area contributed by atoms with Gasteiger partial charge in [0.05, 0.1) is 5.56 Å². The topological polar surface area (TPSA) is 57.3 Å². The molecule has 0 aliphatic carbocycles. The normalized spacial score (nSPS) is 12.3. The van der Waals surface area contributed by atoms with Crippen LogP contribution in [-0.2, 0) is 0 Å². The molecule has 19 heavy (non-hydrogen) atoms. The minimum atomic E-state index is -0.612. The Morgan fingerprint density at radius 2 is 2.21 bits per heavy atom. The largest absolute Gasteiger partial charge is 0.368 e. The fourth-order valence-electron chi connectivity index (χ4n) is 1.80. The Balaban J connectivity index is 2.79. The second kappa shape index (κ2) is 7.04. The van der Waals surface area contributed by atoms with Crippen molar-refractivity contribution in [2.45, 2.75) is 19.9 Å². The van der Waals surface area contributed by atoms with Gasteiger partial charge in [0.1, 0.15) is 0 Å². The molecule has 1 rings (SSSR count). The first-order chi connectivity index (χ1) is 8.95. The Morgan fingerprint density at radius 3 is 2.79 bits per heavy atom. The van der Waals surface area contributed by atoms with Gasteiger partial charge in [-0.3, -0.25) is 4.79 Å². The summed E-state index contributed by atoms with van der Waals surface area (Å²) in [5, 5.41) is 5.54.